The van der Waals surface area contributed by atoms with Gasteiger partial charge in [0.15, 0.2) is 0 Å². The predicted molar refractivity (Wildman–Crippen MR) is 62.1 cm³/mol. The first kappa shape index (κ1) is 12.5. The number of carbonyl (C=O) groups is 1. The fourth-order valence-electron chi connectivity index (χ4n) is 1.26. The van der Waals surface area contributed by atoms with E-state index in [4.69, 9.17) is 15.6 Å². The number of esters is 1. The van der Waals surface area contributed by atoms with E-state index in [1.165, 1.54) is 0 Å². The molecule has 1 aromatic rings. The van der Waals surface area contributed by atoms with Crippen molar-refractivity contribution in [1.82, 2.24) is 0 Å². The van der Waals surface area contributed by atoms with Crippen LogP contribution >= 0.6 is 0 Å². The van der Waals surface area contributed by atoms with E-state index in [1.807, 2.05) is 0 Å². The first-order valence-electron chi connectivity index (χ1n) is 5.37. The number of carbonyl (C=O) groups excluding carboxylic acids is 1. The number of anilines is 1. The van der Waals surface area contributed by atoms with E-state index in [-0.39, 0.29) is 12.6 Å². The summed E-state index contributed by atoms with van der Waals surface area (Å²) in [6.45, 7) is 0.578. The molecule has 1 rings (SSSR count). The summed E-state index contributed by atoms with van der Waals surface area (Å²) < 4.78 is 5.05. The molecule has 88 valence electrons. The topological polar surface area (TPSA) is 72.6 Å². The highest BCUT2D eigenvalue weighted by Crippen LogP contribution is 2.07. The number of ether oxygens (including phenoxy) is 1. The minimum Gasteiger partial charge on any atom is -0.462 e. The van der Waals surface area contributed by atoms with E-state index < -0.39 is 0 Å². The molecule has 16 heavy (non-hydrogen) atoms. The van der Waals surface area contributed by atoms with Crippen molar-refractivity contribution in [2.24, 2.45) is 0 Å². The Balaban J connectivity index is 2.27. The molecule has 0 spiro atoms. The summed E-state index contributed by atoms with van der Waals surface area (Å²) in [7, 11) is 0. The molecular formula is C12H17NO3. The lowest BCUT2D eigenvalue weighted by Crippen LogP contribution is -2.06. The Morgan fingerprint density at radius 1 is 1.19 bits per heavy atom. The number of aliphatic hydroxyl groups is 1. The third-order valence-corrected chi connectivity index (χ3v) is 2.18. The minimum atomic E-state index is -0.330. The predicted octanol–water partition coefficient (Wildman–Crippen LogP) is 1.59. The summed E-state index contributed by atoms with van der Waals surface area (Å²) in [4.78, 5) is 11.5. The summed E-state index contributed by atoms with van der Waals surface area (Å²) in [5, 5.41) is 8.56. The maximum Gasteiger partial charge on any atom is 0.338 e. The van der Waals surface area contributed by atoms with Gasteiger partial charge in [0.05, 0.1) is 12.2 Å². The lowest BCUT2D eigenvalue weighted by molar-refractivity contribution is 0.0497. The summed E-state index contributed by atoms with van der Waals surface area (Å²) in [5.41, 5.74) is 6.64. The monoisotopic (exact) mass is 223 g/mol. The standard InChI is InChI=1S/C12H17NO3/c13-11-6-4-10(5-7-11)12(15)16-9-3-1-2-8-14/h4-7,14H,1-3,8-9,13H2. The van der Waals surface area contributed by atoms with E-state index in [0.717, 1.165) is 19.3 Å². The number of rotatable bonds is 6. The van der Waals surface area contributed by atoms with Crippen LogP contribution in [0.5, 0.6) is 0 Å². The van der Waals surface area contributed by atoms with Crippen molar-refractivity contribution in [1.29, 1.82) is 0 Å². The zero-order valence-corrected chi connectivity index (χ0v) is 9.19. The van der Waals surface area contributed by atoms with Crippen LogP contribution in [0, 0.1) is 0 Å². The Hall–Kier alpha value is -1.55. The molecule has 0 aliphatic rings. The second-order valence-electron chi connectivity index (χ2n) is 3.54. The lowest BCUT2D eigenvalue weighted by atomic mass is 10.2. The zero-order chi connectivity index (χ0) is 11.8. The highest BCUT2D eigenvalue weighted by atomic mass is 16.5. The molecule has 0 fully saturated rings. The van der Waals surface area contributed by atoms with E-state index in [2.05, 4.69) is 0 Å². The summed E-state index contributed by atoms with van der Waals surface area (Å²) in [6.07, 6.45) is 2.40. The molecule has 0 aromatic heterocycles. The van der Waals surface area contributed by atoms with Crippen molar-refractivity contribution in [3.05, 3.63) is 29.8 Å². The second kappa shape index (κ2) is 6.85. The van der Waals surface area contributed by atoms with Gasteiger partial charge in [-0.3, -0.25) is 0 Å². The van der Waals surface area contributed by atoms with Gasteiger partial charge in [0, 0.05) is 12.3 Å². The maximum atomic E-state index is 11.5. The van der Waals surface area contributed by atoms with Crippen LogP contribution in [-0.2, 0) is 4.74 Å². The van der Waals surface area contributed by atoms with Gasteiger partial charge in [-0.2, -0.15) is 0 Å². The van der Waals surface area contributed by atoms with Crippen LogP contribution in [0.2, 0.25) is 0 Å². The molecule has 0 amide bonds. The molecule has 0 bridgehead atoms. The van der Waals surface area contributed by atoms with Crippen molar-refractivity contribution in [2.45, 2.75) is 19.3 Å². The SMILES string of the molecule is Nc1ccc(C(=O)OCCCCCO)cc1. The summed E-state index contributed by atoms with van der Waals surface area (Å²) in [5.74, 6) is -0.330. The Labute approximate surface area is 95.0 Å². The van der Waals surface area contributed by atoms with Crippen LogP contribution in [0.1, 0.15) is 29.6 Å². The molecule has 1 aromatic carbocycles. The van der Waals surface area contributed by atoms with Crippen LogP contribution in [0.25, 0.3) is 0 Å². The van der Waals surface area contributed by atoms with Gasteiger partial charge in [0.1, 0.15) is 0 Å². The average molecular weight is 223 g/mol. The molecule has 0 saturated carbocycles. The Morgan fingerprint density at radius 3 is 2.50 bits per heavy atom. The molecule has 0 radical (unpaired) electrons. The van der Waals surface area contributed by atoms with Gasteiger partial charge in [-0.15, -0.1) is 0 Å². The van der Waals surface area contributed by atoms with Gasteiger partial charge in [-0.05, 0) is 43.5 Å². The highest BCUT2D eigenvalue weighted by Gasteiger charge is 2.05. The third-order valence-electron chi connectivity index (χ3n) is 2.18. The molecule has 0 heterocycles. The van der Waals surface area contributed by atoms with Crippen molar-refractivity contribution >= 4 is 11.7 Å². The molecule has 0 atom stereocenters. The maximum absolute atomic E-state index is 11.5. The Kier molecular flexibility index (Phi) is 5.36. The molecule has 0 unspecified atom stereocenters. The summed E-state index contributed by atoms with van der Waals surface area (Å²) >= 11 is 0. The molecule has 0 saturated heterocycles. The smallest absolute Gasteiger partial charge is 0.338 e. The number of hydrogen-bond donors (Lipinski definition) is 2. The highest BCUT2D eigenvalue weighted by molar-refractivity contribution is 5.89. The molecule has 0 aliphatic heterocycles. The fourth-order valence-corrected chi connectivity index (χ4v) is 1.26. The van der Waals surface area contributed by atoms with Gasteiger partial charge in [0.2, 0.25) is 0 Å². The summed E-state index contributed by atoms with van der Waals surface area (Å²) in [6, 6.07) is 6.63. The lowest BCUT2D eigenvalue weighted by Gasteiger charge is -2.04. The van der Waals surface area contributed by atoms with Crippen LogP contribution in [0.3, 0.4) is 0 Å². The molecule has 3 N–H and O–H groups in total. The van der Waals surface area contributed by atoms with Crippen LogP contribution < -0.4 is 5.73 Å². The number of hydrogen-bond acceptors (Lipinski definition) is 4. The van der Waals surface area contributed by atoms with Gasteiger partial charge in [0.25, 0.3) is 0 Å². The van der Waals surface area contributed by atoms with Crippen molar-refractivity contribution in [2.75, 3.05) is 18.9 Å². The van der Waals surface area contributed by atoms with Crippen molar-refractivity contribution < 1.29 is 14.6 Å². The van der Waals surface area contributed by atoms with Gasteiger partial charge in [-0.25, -0.2) is 4.79 Å². The molecule has 4 heteroatoms. The van der Waals surface area contributed by atoms with Gasteiger partial charge < -0.3 is 15.6 Å². The Morgan fingerprint density at radius 2 is 1.88 bits per heavy atom. The first-order valence-corrected chi connectivity index (χ1v) is 5.37. The number of benzene rings is 1. The molecule has 4 nitrogen and oxygen atoms in total. The number of unbranched alkanes of at least 4 members (excludes halogenated alkanes) is 2. The zero-order valence-electron chi connectivity index (χ0n) is 9.19. The second-order valence-corrected chi connectivity index (χ2v) is 3.54. The van der Waals surface area contributed by atoms with Crippen LogP contribution in [0.4, 0.5) is 5.69 Å². The third kappa shape index (κ3) is 4.31. The van der Waals surface area contributed by atoms with E-state index in [0.29, 0.717) is 17.9 Å². The largest absolute Gasteiger partial charge is 0.462 e. The van der Waals surface area contributed by atoms with E-state index in [9.17, 15) is 4.79 Å². The first-order chi connectivity index (χ1) is 7.74. The fraction of sp³-hybridized carbons (Fsp3) is 0.417. The number of nitrogens with two attached hydrogens (primary N) is 1. The number of aliphatic hydroxyl groups excluding tert-OH is 1. The van der Waals surface area contributed by atoms with Gasteiger partial charge in [-0.1, -0.05) is 0 Å². The Bertz CT molecular complexity index is 322. The van der Waals surface area contributed by atoms with Crippen LogP contribution in [0.15, 0.2) is 24.3 Å². The van der Waals surface area contributed by atoms with Crippen LogP contribution in [-0.4, -0.2) is 24.3 Å². The average Bonchev–Trinajstić information content (AvgIpc) is 2.29. The normalized spacial score (nSPS) is 10.1. The van der Waals surface area contributed by atoms with Gasteiger partial charge >= 0.3 is 5.97 Å². The van der Waals surface area contributed by atoms with E-state index >= 15 is 0 Å². The van der Waals surface area contributed by atoms with Crippen molar-refractivity contribution in [3.8, 4) is 0 Å². The molecule has 0 aliphatic carbocycles. The van der Waals surface area contributed by atoms with Crippen molar-refractivity contribution in [3.63, 3.8) is 0 Å². The van der Waals surface area contributed by atoms with E-state index in [1.54, 1.807) is 24.3 Å². The quantitative estimate of drug-likeness (QED) is 0.436. The molecular weight excluding hydrogens is 206 g/mol. The minimum absolute atomic E-state index is 0.186. The number of nitrogen functional groups attached to an aromatic ring is 1.